The second kappa shape index (κ2) is 5.83. The summed E-state index contributed by atoms with van der Waals surface area (Å²) >= 11 is 0. The van der Waals surface area contributed by atoms with Crippen LogP contribution in [0.25, 0.3) is 0 Å². The largest absolute Gasteiger partial charge is 0.468 e. The lowest BCUT2D eigenvalue weighted by atomic mass is 9.98. The fourth-order valence-electron chi connectivity index (χ4n) is 2.71. The van der Waals surface area contributed by atoms with Gasteiger partial charge in [-0.05, 0) is 44.6 Å². The second-order valence-electron chi connectivity index (χ2n) is 5.30. The quantitative estimate of drug-likeness (QED) is 0.680. The molecule has 0 aromatic carbocycles. The molecule has 0 aromatic rings. The molecule has 0 N–H and O–H groups in total. The molecule has 1 unspecified atom stereocenters. The summed E-state index contributed by atoms with van der Waals surface area (Å²) in [7, 11) is 3.54. The number of nitrogens with zero attached hydrogens (tertiary/aromatic N) is 1. The third kappa shape index (κ3) is 3.42. The number of rotatable bonds is 5. The molecule has 1 atom stereocenters. The van der Waals surface area contributed by atoms with Gasteiger partial charge in [0.1, 0.15) is 6.04 Å². The molecular weight excluding hydrogens is 218 g/mol. The van der Waals surface area contributed by atoms with Crippen molar-refractivity contribution in [2.75, 3.05) is 33.9 Å². The van der Waals surface area contributed by atoms with Gasteiger partial charge in [0.15, 0.2) is 0 Å². The first kappa shape index (κ1) is 12.8. The van der Waals surface area contributed by atoms with Crippen LogP contribution in [0.4, 0.5) is 0 Å². The highest BCUT2D eigenvalue weighted by molar-refractivity contribution is 5.76. The summed E-state index contributed by atoms with van der Waals surface area (Å²) in [5, 5.41) is 0. The van der Waals surface area contributed by atoms with Crippen LogP contribution in [0.2, 0.25) is 0 Å². The number of carbonyl (C=O) groups is 1. The van der Waals surface area contributed by atoms with Crippen molar-refractivity contribution < 1.29 is 14.3 Å². The minimum Gasteiger partial charge on any atom is -0.468 e. The van der Waals surface area contributed by atoms with Crippen molar-refractivity contribution in [1.29, 1.82) is 0 Å². The summed E-state index contributed by atoms with van der Waals surface area (Å²) in [6.45, 7) is 2.72. The molecular formula is C13H23NO3. The molecule has 0 amide bonds. The second-order valence-corrected chi connectivity index (χ2v) is 5.30. The lowest BCUT2D eigenvalue weighted by Crippen LogP contribution is -2.44. The molecule has 0 aromatic heterocycles. The average Bonchev–Trinajstić information content (AvgIpc) is 3.15. The summed E-state index contributed by atoms with van der Waals surface area (Å²) in [5.41, 5.74) is 0. The SMILES string of the molecule is COC(=O)C(C1CC1)N(C)CC1CCOCC1. The maximum Gasteiger partial charge on any atom is 0.323 e. The van der Waals surface area contributed by atoms with Crippen LogP contribution < -0.4 is 0 Å². The molecule has 2 aliphatic rings. The van der Waals surface area contributed by atoms with Crippen LogP contribution in [-0.2, 0) is 14.3 Å². The molecule has 1 aliphatic carbocycles. The summed E-state index contributed by atoms with van der Waals surface area (Å²) in [6, 6.07) is -0.0251. The number of methoxy groups -OCH3 is 1. The third-order valence-corrected chi connectivity index (χ3v) is 3.87. The number of hydrogen-bond acceptors (Lipinski definition) is 4. The predicted octanol–water partition coefficient (Wildman–Crippen LogP) is 1.30. The van der Waals surface area contributed by atoms with E-state index < -0.39 is 0 Å². The van der Waals surface area contributed by atoms with Gasteiger partial charge < -0.3 is 9.47 Å². The zero-order chi connectivity index (χ0) is 12.3. The Kier molecular flexibility index (Phi) is 4.40. The molecule has 17 heavy (non-hydrogen) atoms. The van der Waals surface area contributed by atoms with Crippen LogP contribution in [0.15, 0.2) is 0 Å². The maximum absolute atomic E-state index is 11.8. The summed E-state index contributed by atoms with van der Waals surface area (Å²) in [6.07, 6.45) is 4.56. The average molecular weight is 241 g/mol. The van der Waals surface area contributed by atoms with Crippen molar-refractivity contribution >= 4 is 5.97 Å². The van der Waals surface area contributed by atoms with Gasteiger partial charge in [-0.3, -0.25) is 9.69 Å². The van der Waals surface area contributed by atoms with Crippen molar-refractivity contribution in [2.45, 2.75) is 31.7 Å². The van der Waals surface area contributed by atoms with Crippen LogP contribution in [0.5, 0.6) is 0 Å². The number of carbonyl (C=O) groups excluding carboxylic acids is 1. The highest BCUT2D eigenvalue weighted by Gasteiger charge is 2.40. The van der Waals surface area contributed by atoms with E-state index in [1.165, 1.54) is 7.11 Å². The molecule has 1 aliphatic heterocycles. The lowest BCUT2D eigenvalue weighted by Gasteiger charge is -2.31. The van der Waals surface area contributed by atoms with E-state index in [0.717, 1.165) is 45.4 Å². The first-order chi connectivity index (χ1) is 8.22. The Morgan fingerprint density at radius 1 is 1.35 bits per heavy atom. The molecule has 1 saturated heterocycles. The van der Waals surface area contributed by atoms with Crippen LogP contribution in [0.3, 0.4) is 0 Å². The van der Waals surface area contributed by atoms with Crippen molar-refractivity contribution in [3.63, 3.8) is 0 Å². The van der Waals surface area contributed by atoms with Crippen molar-refractivity contribution in [2.24, 2.45) is 11.8 Å². The van der Waals surface area contributed by atoms with E-state index >= 15 is 0 Å². The highest BCUT2D eigenvalue weighted by Crippen LogP contribution is 2.36. The minimum absolute atomic E-state index is 0.0251. The zero-order valence-electron chi connectivity index (χ0n) is 10.9. The van der Waals surface area contributed by atoms with E-state index in [2.05, 4.69) is 11.9 Å². The van der Waals surface area contributed by atoms with Crippen LogP contribution in [0.1, 0.15) is 25.7 Å². The molecule has 2 fully saturated rings. The smallest absolute Gasteiger partial charge is 0.323 e. The van der Waals surface area contributed by atoms with Gasteiger partial charge >= 0.3 is 5.97 Å². The third-order valence-electron chi connectivity index (χ3n) is 3.87. The van der Waals surface area contributed by atoms with Gasteiger partial charge in [-0.15, -0.1) is 0 Å². The molecule has 98 valence electrons. The molecule has 1 saturated carbocycles. The zero-order valence-corrected chi connectivity index (χ0v) is 10.9. The summed E-state index contributed by atoms with van der Waals surface area (Å²) in [4.78, 5) is 14.0. The van der Waals surface area contributed by atoms with Gasteiger partial charge in [-0.25, -0.2) is 0 Å². The molecule has 0 spiro atoms. The van der Waals surface area contributed by atoms with E-state index in [1.54, 1.807) is 0 Å². The highest BCUT2D eigenvalue weighted by atomic mass is 16.5. The number of esters is 1. The normalized spacial score (nSPS) is 23.7. The Hall–Kier alpha value is -0.610. The molecule has 0 radical (unpaired) electrons. The van der Waals surface area contributed by atoms with Gasteiger partial charge in [0.05, 0.1) is 7.11 Å². The van der Waals surface area contributed by atoms with Crippen LogP contribution in [0, 0.1) is 11.8 Å². The number of likely N-dealkylation sites (N-methyl/N-ethyl adjacent to an activating group) is 1. The molecule has 1 heterocycles. The summed E-state index contributed by atoms with van der Waals surface area (Å²) < 4.78 is 10.3. The lowest BCUT2D eigenvalue weighted by molar-refractivity contribution is -0.147. The van der Waals surface area contributed by atoms with Crippen molar-refractivity contribution in [3.8, 4) is 0 Å². The van der Waals surface area contributed by atoms with Gasteiger partial charge in [0.2, 0.25) is 0 Å². The molecule has 4 nitrogen and oxygen atoms in total. The minimum atomic E-state index is -0.0675. The van der Waals surface area contributed by atoms with Crippen LogP contribution >= 0.6 is 0 Å². The Morgan fingerprint density at radius 3 is 2.53 bits per heavy atom. The van der Waals surface area contributed by atoms with Crippen LogP contribution in [-0.4, -0.2) is 50.8 Å². The van der Waals surface area contributed by atoms with E-state index in [9.17, 15) is 4.79 Å². The molecule has 0 bridgehead atoms. The number of ether oxygens (including phenoxy) is 2. The standard InChI is InChI=1S/C13H23NO3/c1-14(9-10-5-7-17-8-6-10)12(11-3-4-11)13(15)16-2/h10-12H,3-9H2,1-2H3. The van der Waals surface area contributed by atoms with Crippen molar-refractivity contribution in [3.05, 3.63) is 0 Å². The summed E-state index contributed by atoms with van der Waals surface area (Å²) in [5.74, 6) is 1.12. The maximum atomic E-state index is 11.8. The molecule has 2 rings (SSSR count). The fourth-order valence-corrected chi connectivity index (χ4v) is 2.71. The van der Waals surface area contributed by atoms with E-state index in [0.29, 0.717) is 11.8 Å². The predicted molar refractivity (Wildman–Crippen MR) is 64.7 cm³/mol. The first-order valence-corrected chi connectivity index (χ1v) is 6.58. The van der Waals surface area contributed by atoms with E-state index in [-0.39, 0.29) is 12.0 Å². The van der Waals surface area contributed by atoms with Gasteiger partial charge in [0, 0.05) is 19.8 Å². The molecule has 4 heteroatoms. The fraction of sp³-hybridized carbons (Fsp3) is 0.923. The Bertz CT molecular complexity index is 259. The van der Waals surface area contributed by atoms with Crippen molar-refractivity contribution in [1.82, 2.24) is 4.90 Å². The van der Waals surface area contributed by atoms with Gasteiger partial charge in [-0.2, -0.15) is 0 Å². The van der Waals surface area contributed by atoms with Gasteiger partial charge in [0.25, 0.3) is 0 Å². The van der Waals surface area contributed by atoms with Gasteiger partial charge in [-0.1, -0.05) is 0 Å². The topological polar surface area (TPSA) is 38.8 Å². The Labute approximate surface area is 103 Å². The number of hydrogen-bond donors (Lipinski definition) is 0. The monoisotopic (exact) mass is 241 g/mol. The first-order valence-electron chi connectivity index (χ1n) is 6.58. The Morgan fingerprint density at radius 2 is 2.00 bits per heavy atom. The van der Waals surface area contributed by atoms with E-state index in [4.69, 9.17) is 9.47 Å². The van der Waals surface area contributed by atoms with E-state index in [1.807, 2.05) is 0 Å². The Balaban J connectivity index is 1.86.